The van der Waals surface area contributed by atoms with Crippen molar-refractivity contribution in [3.8, 4) is 6.07 Å². The molecule has 2 rings (SSSR count). The van der Waals surface area contributed by atoms with Crippen molar-refractivity contribution in [3.63, 3.8) is 0 Å². The smallest absolute Gasteiger partial charge is 0.252 e. The molecule has 0 radical (unpaired) electrons. The molecule has 0 atom stereocenters. The van der Waals surface area contributed by atoms with Gasteiger partial charge in [0.1, 0.15) is 5.54 Å². The average Bonchev–Trinajstić information content (AvgIpc) is 2.96. The van der Waals surface area contributed by atoms with E-state index in [1.165, 1.54) is 0 Å². The molecule has 0 unspecified atom stereocenters. The third-order valence-electron chi connectivity index (χ3n) is 3.75. The first-order valence-electron chi connectivity index (χ1n) is 7.22. The lowest BCUT2D eigenvalue weighted by atomic mass is 9.99. The van der Waals surface area contributed by atoms with Gasteiger partial charge in [0.2, 0.25) is 5.91 Å². The third-order valence-corrected chi connectivity index (χ3v) is 3.75. The number of rotatable bonds is 4. The Bertz CT molecular complexity index is 583. The minimum absolute atomic E-state index is 0.100. The van der Waals surface area contributed by atoms with Crippen molar-refractivity contribution in [2.75, 3.05) is 5.32 Å². The highest BCUT2D eigenvalue weighted by atomic mass is 16.2. The maximum atomic E-state index is 12.3. The average molecular weight is 285 g/mol. The summed E-state index contributed by atoms with van der Waals surface area (Å²) in [5.74, 6) is -0.372. The minimum atomic E-state index is -0.736. The van der Waals surface area contributed by atoms with Gasteiger partial charge in [0.15, 0.2) is 0 Å². The van der Waals surface area contributed by atoms with Crippen molar-refractivity contribution in [2.24, 2.45) is 0 Å². The van der Waals surface area contributed by atoms with Gasteiger partial charge in [-0.05, 0) is 43.9 Å². The van der Waals surface area contributed by atoms with Crippen LogP contribution in [0.3, 0.4) is 0 Å². The summed E-state index contributed by atoms with van der Waals surface area (Å²) in [5, 5.41) is 14.9. The molecule has 0 heterocycles. The molecule has 0 saturated heterocycles. The Balaban J connectivity index is 2.11. The molecule has 110 valence electrons. The van der Waals surface area contributed by atoms with Crippen LogP contribution in [0.15, 0.2) is 24.3 Å². The summed E-state index contributed by atoms with van der Waals surface area (Å²) in [7, 11) is 0. The standard InChI is InChI=1S/C16H19N3O2/c1-2-14(20)18-13-7-5-6-12(10-13)15(21)19-16(11-17)8-3-4-9-16/h5-7,10H,2-4,8-9H2,1H3,(H,18,20)(H,19,21). The summed E-state index contributed by atoms with van der Waals surface area (Å²) in [6.07, 6.45) is 3.69. The van der Waals surface area contributed by atoms with E-state index in [2.05, 4.69) is 16.7 Å². The number of nitriles is 1. The number of carbonyl (C=O) groups is 2. The highest BCUT2D eigenvalue weighted by Gasteiger charge is 2.35. The van der Waals surface area contributed by atoms with Crippen molar-refractivity contribution in [1.82, 2.24) is 5.32 Å². The zero-order chi connectivity index (χ0) is 15.3. The van der Waals surface area contributed by atoms with Gasteiger partial charge in [-0.15, -0.1) is 0 Å². The van der Waals surface area contributed by atoms with Crippen molar-refractivity contribution in [1.29, 1.82) is 5.26 Å². The SMILES string of the molecule is CCC(=O)Nc1cccc(C(=O)NC2(C#N)CCCC2)c1. The first-order chi connectivity index (χ1) is 10.1. The Morgan fingerprint density at radius 3 is 2.67 bits per heavy atom. The van der Waals surface area contributed by atoms with E-state index in [4.69, 9.17) is 0 Å². The third kappa shape index (κ3) is 3.60. The fourth-order valence-electron chi connectivity index (χ4n) is 2.52. The molecule has 1 aromatic carbocycles. The van der Waals surface area contributed by atoms with E-state index in [-0.39, 0.29) is 11.8 Å². The molecule has 0 bridgehead atoms. The summed E-state index contributed by atoms with van der Waals surface area (Å²) < 4.78 is 0. The molecule has 1 aromatic rings. The molecule has 21 heavy (non-hydrogen) atoms. The highest BCUT2D eigenvalue weighted by Crippen LogP contribution is 2.29. The quantitative estimate of drug-likeness (QED) is 0.892. The molecule has 1 aliphatic carbocycles. The van der Waals surface area contributed by atoms with Crippen LogP contribution in [0.1, 0.15) is 49.4 Å². The van der Waals surface area contributed by atoms with Crippen LogP contribution >= 0.6 is 0 Å². The lowest BCUT2D eigenvalue weighted by molar-refractivity contribution is -0.115. The van der Waals surface area contributed by atoms with Gasteiger partial charge >= 0.3 is 0 Å². The van der Waals surface area contributed by atoms with Gasteiger partial charge < -0.3 is 10.6 Å². The van der Waals surface area contributed by atoms with Crippen molar-refractivity contribution < 1.29 is 9.59 Å². The molecule has 1 aliphatic rings. The first kappa shape index (κ1) is 15.0. The summed E-state index contributed by atoms with van der Waals surface area (Å²) in [6.45, 7) is 1.77. The number of benzene rings is 1. The molecular formula is C16H19N3O2. The molecule has 5 nitrogen and oxygen atoms in total. The minimum Gasteiger partial charge on any atom is -0.334 e. The van der Waals surface area contributed by atoms with Crippen LogP contribution in [0.5, 0.6) is 0 Å². The molecule has 1 saturated carbocycles. The van der Waals surface area contributed by atoms with Crippen LogP contribution in [0.2, 0.25) is 0 Å². The molecule has 2 N–H and O–H groups in total. The second kappa shape index (κ2) is 6.40. The summed E-state index contributed by atoms with van der Waals surface area (Å²) >= 11 is 0. The summed E-state index contributed by atoms with van der Waals surface area (Å²) in [4.78, 5) is 23.7. The monoisotopic (exact) mass is 285 g/mol. The number of amides is 2. The van der Waals surface area contributed by atoms with Crippen LogP contribution in [-0.4, -0.2) is 17.4 Å². The van der Waals surface area contributed by atoms with Crippen molar-refractivity contribution in [3.05, 3.63) is 29.8 Å². The number of carbonyl (C=O) groups excluding carboxylic acids is 2. The van der Waals surface area contributed by atoms with E-state index in [1.807, 2.05) is 0 Å². The highest BCUT2D eigenvalue weighted by molar-refractivity contribution is 5.97. The number of anilines is 1. The van der Waals surface area contributed by atoms with Gasteiger partial charge in [-0.1, -0.05) is 13.0 Å². The molecule has 0 spiro atoms. The fourth-order valence-corrected chi connectivity index (χ4v) is 2.52. The van der Waals surface area contributed by atoms with Crippen LogP contribution in [0.4, 0.5) is 5.69 Å². The summed E-state index contributed by atoms with van der Waals surface area (Å²) in [6, 6.07) is 8.99. The lowest BCUT2D eigenvalue weighted by Crippen LogP contribution is -2.45. The molecule has 0 aliphatic heterocycles. The summed E-state index contributed by atoms with van der Waals surface area (Å²) in [5.41, 5.74) is 0.303. The maximum absolute atomic E-state index is 12.3. The van der Waals surface area contributed by atoms with E-state index < -0.39 is 5.54 Å². The molecular weight excluding hydrogens is 266 g/mol. The van der Waals surface area contributed by atoms with E-state index >= 15 is 0 Å². The van der Waals surface area contributed by atoms with E-state index in [0.29, 0.717) is 30.5 Å². The zero-order valence-electron chi connectivity index (χ0n) is 12.1. The van der Waals surface area contributed by atoms with Gasteiger partial charge in [-0.25, -0.2) is 0 Å². The van der Waals surface area contributed by atoms with Gasteiger partial charge in [0.25, 0.3) is 5.91 Å². The van der Waals surface area contributed by atoms with Crippen LogP contribution in [-0.2, 0) is 4.79 Å². The van der Waals surface area contributed by atoms with Crippen LogP contribution < -0.4 is 10.6 Å². The van der Waals surface area contributed by atoms with Crippen molar-refractivity contribution >= 4 is 17.5 Å². The Kier molecular flexibility index (Phi) is 4.59. The second-order valence-electron chi connectivity index (χ2n) is 5.34. The Hall–Kier alpha value is -2.35. The normalized spacial score (nSPS) is 16.0. The largest absolute Gasteiger partial charge is 0.334 e. The molecule has 1 fully saturated rings. The number of nitrogens with one attached hydrogen (secondary N) is 2. The molecule has 2 amide bonds. The van der Waals surface area contributed by atoms with E-state index in [1.54, 1.807) is 31.2 Å². The predicted molar refractivity (Wildman–Crippen MR) is 79.6 cm³/mol. The van der Waals surface area contributed by atoms with Crippen molar-refractivity contribution in [2.45, 2.75) is 44.6 Å². The topological polar surface area (TPSA) is 82.0 Å². The van der Waals surface area contributed by atoms with E-state index in [9.17, 15) is 14.9 Å². The molecule has 0 aromatic heterocycles. The Morgan fingerprint density at radius 1 is 1.33 bits per heavy atom. The predicted octanol–water partition coefficient (Wildman–Crippen LogP) is 2.60. The van der Waals surface area contributed by atoms with Crippen LogP contribution in [0.25, 0.3) is 0 Å². The number of hydrogen-bond acceptors (Lipinski definition) is 3. The maximum Gasteiger partial charge on any atom is 0.252 e. The van der Waals surface area contributed by atoms with Gasteiger partial charge in [-0.2, -0.15) is 5.26 Å². The van der Waals surface area contributed by atoms with Gasteiger partial charge in [0, 0.05) is 17.7 Å². The Labute approximate surface area is 124 Å². The van der Waals surface area contributed by atoms with E-state index in [0.717, 1.165) is 12.8 Å². The Morgan fingerprint density at radius 2 is 2.05 bits per heavy atom. The lowest BCUT2D eigenvalue weighted by Gasteiger charge is -2.22. The fraction of sp³-hybridized carbons (Fsp3) is 0.438. The number of nitrogens with zero attached hydrogens (tertiary/aromatic N) is 1. The van der Waals surface area contributed by atoms with Gasteiger partial charge in [-0.3, -0.25) is 9.59 Å². The number of hydrogen-bond donors (Lipinski definition) is 2. The first-order valence-corrected chi connectivity index (χ1v) is 7.22. The van der Waals surface area contributed by atoms with Crippen LogP contribution in [0, 0.1) is 11.3 Å². The second-order valence-corrected chi connectivity index (χ2v) is 5.34. The molecule has 5 heteroatoms. The zero-order valence-corrected chi connectivity index (χ0v) is 12.1. The van der Waals surface area contributed by atoms with Gasteiger partial charge in [0.05, 0.1) is 6.07 Å².